The maximum atomic E-state index is 14.0. The lowest BCUT2D eigenvalue weighted by atomic mass is 9.90. The Balaban J connectivity index is 0.00000233. The number of halogens is 2. The molecule has 2 atom stereocenters. The molecule has 1 aromatic rings. The predicted molar refractivity (Wildman–Crippen MR) is 123 cm³/mol. The van der Waals surface area contributed by atoms with Gasteiger partial charge in [-0.25, -0.2) is 0 Å². The maximum Gasteiger partial charge on any atom is 0.199 e. The Morgan fingerprint density at radius 3 is 2.19 bits per heavy atom. The van der Waals surface area contributed by atoms with Crippen molar-refractivity contribution in [3.05, 3.63) is 58.6 Å². The van der Waals surface area contributed by atoms with E-state index in [1.54, 1.807) is 0 Å². The zero-order valence-corrected chi connectivity index (χ0v) is 20.1. The first kappa shape index (κ1) is 27.2. The van der Waals surface area contributed by atoms with Gasteiger partial charge in [-0.05, 0) is 44.2 Å². The van der Waals surface area contributed by atoms with Gasteiger partial charge in [-0.1, -0.05) is 64.3 Å². The van der Waals surface area contributed by atoms with Gasteiger partial charge in [-0.3, -0.25) is 0 Å². The summed E-state index contributed by atoms with van der Waals surface area (Å²) in [6.07, 6.45) is 7.60. The summed E-state index contributed by atoms with van der Waals surface area (Å²) in [4.78, 5) is 0. The van der Waals surface area contributed by atoms with E-state index >= 15 is 0 Å². The Morgan fingerprint density at radius 2 is 1.65 bits per heavy atom. The number of rotatable bonds is 10. The highest BCUT2D eigenvalue weighted by atomic mass is 19.2. The van der Waals surface area contributed by atoms with Crippen LogP contribution >= 0.6 is 0 Å². The van der Waals surface area contributed by atoms with Crippen molar-refractivity contribution < 1.29 is 23.0 Å². The third-order valence-corrected chi connectivity index (χ3v) is 5.52. The highest BCUT2D eigenvalue weighted by Gasteiger charge is 2.22. The molecule has 2 rings (SSSR count). The molecule has 0 aliphatic carbocycles. The van der Waals surface area contributed by atoms with Crippen LogP contribution in [0.5, 0.6) is 0 Å². The summed E-state index contributed by atoms with van der Waals surface area (Å²) < 4.78 is 43.9. The van der Waals surface area contributed by atoms with Crippen LogP contribution in [0.25, 0.3) is 0 Å². The van der Waals surface area contributed by atoms with Gasteiger partial charge in [0.05, 0.1) is 19.8 Å². The van der Waals surface area contributed by atoms with Gasteiger partial charge < -0.3 is 14.2 Å². The maximum absolute atomic E-state index is 14.0. The predicted octanol–water partition coefficient (Wildman–Crippen LogP) is 8.12. The van der Waals surface area contributed by atoms with Crippen LogP contribution in [-0.4, -0.2) is 19.8 Å². The molecule has 2 unspecified atom stereocenters. The molecule has 31 heavy (non-hydrogen) atoms. The fourth-order valence-electron chi connectivity index (χ4n) is 3.46. The highest BCUT2D eigenvalue weighted by molar-refractivity contribution is 5.26. The third kappa shape index (κ3) is 9.02. The van der Waals surface area contributed by atoms with E-state index in [4.69, 9.17) is 14.2 Å². The van der Waals surface area contributed by atoms with Gasteiger partial charge in [0, 0.05) is 5.92 Å². The van der Waals surface area contributed by atoms with Crippen molar-refractivity contribution in [1.82, 2.24) is 0 Å². The highest BCUT2D eigenvalue weighted by Crippen LogP contribution is 2.30. The minimum absolute atomic E-state index is 0.0993. The van der Waals surface area contributed by atoms with Gasteiger partial charge in [0.1, 0.15) is 18.1 Å². The van der Waals surface area contributed by atoms with E-state index < -0.39 is 11.7 Å². The minimum Gasteiger partial charge on any atom is -0.498 e. The molecule has 0 amide bonds. The van der Waals surface area contributed by atoms with E-state index in [1.165, 1.54) is 52.2 Å². The Kier molecular flexibility index (Phi) is 13.1. The fraction of sp³-hybridized carbons (Fsp3) is 0.615. The second-order valence-electron chi connectivity index (χ2n) is 7.70. The summed E-state index contributed by atoms with van der Waals surface area (Å²) >= 11 is 0. The van der Waals surface area contributed by atoms with Gasteiger partial charge in [0.15, 0.2) is 11.7 Å². The Morgan fingerprint density at radius 1 is 1.00 bits per heavy atom. The Bertz CT molecular complexity index is 687. The molecule has 1 aliphatic rings. The second kappa shape index (κ2) is 15.0. The van der Waals surface area contributed by atoms with Crippen molar-refractivity contribution in [3.8, 4) is 0 Å². The number of benzene rings is 1. The van der Waals surface area contributed by atoms with Crippen molar-refractivity contribution in [3.63, 3.8) is 0 Å². The molecule has 0 N–H and O–H groups in total. The zero-order chi connectivity index (χ0) is 23.2. The SMILES string of the molecule is CC.CCCCCC1CCC(c2ccc(CO/C(C)=C(F)/C(F)=C(\C)OC)cc2)CO1. The van der Waals surface area contributed by atoms with Gasteiger partial charge in [0.25, 0.3) is 0 Å². The molecule has 5 heteroatoms. The van der Waals surface area contributed by atoms with Crippen LogP contribution in [0, 0.1) is 0 Å². The molecule has 1 aliphatic heterocycles. The quantitative estimate of drug-likeness (QED) is 0.210. The summed E-state index contributed by atoms with van der Waals surface area (Å²) in [5.74, 6) is -1.86. The normalized spacial score (nSPS) is 20.1. The number of unbranched alkanes of at least 4 members (excludes halogenated alkanes) is 2. The van der Waals surface area contributed by atoms with Crippen molar-refractivity contribution in [1.29, 1.82) is 0 Å². The number of ether oxygens (including phenoxy) is 3. The van der Waals surface area contributed by atoms with Gasteiger partial charge in [0.2, 0.25) is 0 Å². The van der Waals surface area contributed by atoms with E-state index in [1.807, 2.05) is 26.0 Å². The monoisotopic (exact) mass is 438 g/mol. The largest absolute Gasteiger partial charge is 0.498 e. The first-order valence-corrected chi connectivity index (χ1v) is 11.6. The van der Waals surface area contributed by atoms with Crippen LogP contribution in [0.4, 0.5) is 8.78 Å². The average Bonchev–Trinajstić information content (AvgIpc) is 2.83. The standard InChI is InChI=1S/C24H34F2O3.C2H6/c1-5-6-7-8-22-14-13-21(16-29-22)20-11-9-19(10-12-20)15-28-18(3)24(26)23(25)17(2)27-4;1-2/h9-12,21-22H,5-8,13-16H2,1-4H3;1-2H3/b23-17-,24-18-;. The van der Waals surface area contributed by atoms with Crippen LogP contribution in [0.2, 0.25) is 0 Å². The van der Waals surface area contributed by atoms with Crippen LogP contribution in [-0.2, 0) is 20.8 Å². The smallest absolute Gasteiger partial charge is 0.199 e. The van der Waals surface area contributed by atoms with E-state index in [0.29, 0.717) is 12.0 Å². The number of hydrogen-bond donors (Lipinski definition) is 0. The average molecular weight is 439 g/mol. The van der Waals surface area contributed by atoms with E-state index in [9.17, 15) is 8.78 Å². The minimum atomic E-state index is -1.04. The van der Waals surface area contributed by atoms with Crippen molar-refractivity contribution in [2.75, 3.05) is 13.7 Å². The molecule has 3 nitrogen and oxygen atoms in total. The molecule has 1 aromatic carbocycles. The summed E-state index contributed by atoms with van der Waals surface area (Å²) in [7, 11) is 1.30. The van der Waals surface area contributed by atoms with Crippen LogP contribution < -0.4 is 0 Å². The van der Waals surface area contributed by atoms with Crippen LogP contribution in [0.3, 0.4) is 0 Å². The lowest BCUT2D eigenvalue weighted by Gasteiger charge is -2.29. The Labute approximate surface area is 187 Å². The van der Waals surface area contributed by atoms with Gasteiger partial charge >= 0.3 is 0 Å². The molecule has 0 radical (unpaired) electrons. The molecule has 1 heterocycles. The fourth-order valence-corrected chi connectivity index (χ4v) is 3.46. The molecular weight excluding hydrogens is 398 g/mol. The molecular formula is C26H40F2O3. The summed E-state index contributed by atoms with van der Waals surface area (Å²) in [5, 5.41) is 0. The molecule has 0 spiro atoms. The summed E-state index contributed by atoms with van der Waals surface area (Å²) in [6, 6.07) is 8.10. The molecule has 1 fully saturated rings. The van der Waals surface area contributed by atoms with E-state index in [2.05, 4.69) is 19.1 Å². The number of hydrogen-bond acceptors (Lipinski definition) is 3. The van der Waals surface area contributed by atoms with Crippen molar-refractivity contribution in [2.24, 2.45) is 0 Å². The first-order chi connectivity index (χ1) is 15.0. The molecule has 0 aromatic heterocycles. The molecule has 0 bridgehead atoms. The van der Waals surface area contributed by atoms with Crippen LogP contribution in [0.15, 0.2) is 47.4 Å². The molecule has 176 valence electrons. The Hall–Kier alpha value is -1.88. The van der Waals surface area contributed by atoms with Crippen molar-refractivity contribution >= 4 is 0 Å². The van der Waals surface area contributed by atoms with E-state index in [-0.39, 0.29) is 18.1 Å². The lowest BCUT2D eigenvalue weighted by molar-refractivity contribution is -0.00208. The topological polar surface area (TPSA) is 27.7 Å². The molecule has 1 saturated heterocycles. The van der Waals surface area contributed by atoms with Gasteiger partial charge in [-0.15, -0.1) is 0 Å². The zero-order valence-electron chi connectivity index (χ0n) is 20.1. The van der Waals surface area contributed by atoms with Crippen molar-refractivity contribution in [2.45, 2.75) is 91.8 Å². The van der Waals surface area contributed by atoms with E-state index in [0.717, 1.165) is 25.0 Å². The van der Waals surface area contributed by atoms with Gasteiger partial charge in [-0.2, -0.15) is 8.78 Å². The third-order valence-electron chi connectivity index (χ3n) is 5.52. The second-order valence-corrected chi connectivity index (χ2v) is 7.70. The summed E-state index contributed by atoms with van der Waals surface area (Å²) in [5.41, 5.74) is 2.16. The molecule has 0 saturated carbocycles. The van der Waals surface area contributed by atoms with Crippen LogP contribution in [0.1, 0.15) is 90.2 Å². The lowest BCUT2D eigenvalue weighted by Crippen LogP contribution is -2.24. The number of allylic oxidation sites excluding steroid dienone is 4. The first-order valence-electron chi connectivity index (χ1n) is 11.6. The number of methoxy groups -OCH3 is 1. The summed E-state index contributed by atoms with van der Waals surface area (Å²) in [6.45, 7) is 9.94.